The van der Waals surface area contributed by atoms with Crippen molar-refractivity contribution in [3.05, 3.63) is 60.6 Å². The van der Waals surface area contributed by atoms with Gasteiger partial charge in [0.15, 0.2) is 0 Å². The van der Waals surface area contributed by atoms with Gasteiger partial charge >= 0.3 is 0 Å². The van der Waals surface area contributed by atoms with Crippen molar-refractivity contribution in [3.63, 3.8) is 0 Å². The van der Waals surface area contributed by atoms with E-state index in [2.05, 4.69) is 51.7 Å². The summed E-state index contributed by atoms with van der Waals surface area (Å²) in [5, 5.41) is 15.8. The Morgan fingerprint density at radius 3 is 2.68 bits per heavy atom. The first-order valence-electron chi connectivity index (χ1n) is 12.2. The molecule has 2 aliphatic heterocycles. The van der Waals surface area contributed by atoms with Gasteiger partial charge < -0.3 is 14.5 Å². The summed E-state index contributed by atoms with van der Waals surface area (Å²) in [4.78, 5) is 9.33. The van der Waals surface area contributed by atoms with Gasteiger partial charge in [0.05, 0.1) is 54.7 Å². The number of hydrogen-bond donors (Lipinski definition) is 0. The van der Waals surface area contributed by atoms with E-state index in [-0.39, 0.29) is 5.41 Å². The molecule has 2 saturated carbocycles. The van der Waals surface area contributed by atoms with Crippen molar-refractivity contribution >= 4 is 16.7 Å². The molecule has 2 aliphatic carbocycles. The number of fused-ring (bicyclic) bond motifs is 1. The van der Waals surface area contributed by atoms with Crippen LogP contribution in [0, 0.1) is 16.7 Å². The number of nitriles is 1. The minimum absolute atomic E-state index is 0.339. The summed E-state index contributed by atoms with van der Waals surface area (Å²) in [7, 11) is 0. The normalized spacial score (nSPS) is 23.0. The Kier molecular flexibility index (Phi) is 4.16. The lowest BCUT2D eigenvalue weighted by Gasteiger charge is -2.45. The zero-order valence-corrected chi connectivity index (χ0v) is 19.3. The highest BCUT2D eigenvalue weighted by Gasteiger charge is 2.61. The van der Waals surface area contributed by atoms with Gasteiger partial charge in [0, 0.05) is 36.4 Å². The Bertz CT molecular complexity index is 1340. The molecule has 4 heterocycles. The molecule has 0 N–H and O–H groups in total. The summed E-state index contributed by atoms with van der Waals surface area (Å²) in [5.41, 5.74) is 4.40. The molecule has 3 aromatic rings. The topological polar surface area (TPSA) is 70.2 Å². The van der Waals surface area contributed by atoms with E-state index in [0.29, 0.717) is 11.5 Å². The molecule has 4 fully saturated rings. The maximum atomic E-state index is 10.0. The summed E-state index contributed by atoms with van der Waals surface area (Å²) in [5.74, 6) is 0.936. The Morgan fingerprint density at radius 2 is 1.97 bits per heavy atom. The molecule has 7 nitrogen and oxygen atoms in total. The van der Waals surface area contributed by atoms with E-state index in [1.807, 2.05) is 23.1 Å². The van der Waals surface area contributed by atoms with E-state index in [1.54, 1.807) is 0 Å². The average molecular weight is 453 g/mol. The van der Waals surface area contributed by atoms with Gasteiger partial charge in [-0.25, -0.2) is 9.67 Å². The Labute approximate surface area is 199 Å². The number of hydrogen-bond acceptors (Lipinski definition) is 6. The van der Waals surface area contributed by atoms with E-state index in [9.17, 15) is 5.26 Å². The van der Waals surface area contributed by atoms with Crippen molar-refractivity contribution in [1.82, 2.24) is 19.7 Å². The molecule has 4 aliphatic rings. The fourth-order valence-electron chi connectivity index (χ4n) is 6.16. The summed E-state index contributed by atoms with van der Waals surface area (Å²) < 4.78 is 7.35. The van der Waals surface area contributed by atoms with Gasteiger partial charge in [0.1, 0.15) is 5.82 Å². The van der Waals surface area contributed by atoms with Crippen LogP contribution in [-0.2, 0) is 10.2 Å². The number of aromatic nitrogens is 3. The van der Waals surface area contributed by atoms with Crippen molar-refractivity contribution < 1.29 is 4.74 Å². The van der Waals surface area contributed by atoms with Crippen molar-refractivity contribution in [2.75, 3.05) is 37.7 Å². The van der Waals surface area contributed by atoms with E-state index in [0.717, 1.165) is 79.4 Å². The average Bonchev–Trinajstić information content (AvgIpc) is 3.48. The zero-order chi connectivity index (χ0) is 22.9. The molecule has 0 unspecified atom stereocenters. The first-order valence-corrected chi connectivity index (χ1v) is 12.2. The molecule has 7 heteroatoms. The fraction of sp³-hybridized carbons (Fsp3) is 0.444. The summed E-state index contributed by atoms with van der Waals surface area (Å²) in [6, 6.07) is 13.7. The van der Waals surface area contributed by atoms with Gasteiger partial charge in [0.2, 0.25) is 0 Å². The number of pyridine rings is 1. The number of benzene rings is 1. The number of ether oxygens (including phenoxy) is 1. The second-order valence-corrected chi connectivity index (χ2v) is 10.6. The lowest BCUT2D eigenvalue weighted by Crippen LogP contribution is -2.55. The third kappa shape index (κ3) is 2.98. The number of rotatable bonds is 4. The maximum absolute atomic E-state index is 10.0. The Balaban J connectivity index is 1.18. The summed E-state index contributed by atoms with van der Waals surface area (Å²) in [6.07, 6.45) is 8.33. The van der Waals surface area contributed by atoms with Gasteiger partial charge in [0.25, 0.3) is 0 Å². The molecule has 7 rings (SSSR count). The lowest BCUT2D eigenvalue weighted by atomic mass is 9.57. The summed E-state index contributed by atoms with van der Waals surface area (Å²) in [6.45, 7) is 8.52. The molecule has 172 valence electrons. The highest BCUT2D eigenvalue weighted by atomic mass is 16.5. The summed E-state index contributed by atoms with van der Waals surface area (Å²) >= 11 is 0. The van der Waals surface area contributed by atoms with Crippen LogP contribution in [0.15, 0.2) is 55.0 Å². The van der Waals surface area contributed by atoms with Crippen molar-refractivity contribution in [1.29, 1.82) is 5.26 Å². The first-order chi connectivity index (χ1) is 16.6. The van der Waals surface area contributed by atoms with Crippen LogP contribution in [0.2, 0.25) is 0 Å². The predicted molar refractivity (Wildman–Crippen MR) is 130 cm³/mol. The molecule has 34 heavy (non-hydrogen) atoms. The second kappa shape index (κ2) is 7.07. The number of anilines is 1. The van der Waals surface area contributed by atoms with Crippen LogP contribution in [0.1, 0.15) is 31.2 Å². The molecule has 0 radical (unpaired) electrons. The van der Waals surface area contributed by atoms with Crippen LogP contribution in [0.3, 0.4) is 0 Å². The van der Waals surface area contributed by atoms with Crippen LogP contribution in [0.4, 0.5) is 5.82 Å². The molecular formula is C27H28N6O. The van der Waals surface area contributed by atoms with Crippen LogP contribution in [0.25, 0.3) is 16.6 Å². The van der Waals surface area contributed by atoms with Crippen molar-refractivity contribution in [3.8, 4) is 11.8 Å². The molecule has 2 aromatic heterocycles. The molecule has 1 spiro atoms. The van der Waals surface area contributed by atoms with Gasteiger partial charge in [-0.2, -0.15) is 10.4 Å². The van der Waals surface area contributed by atoms with E-state index in [1.165, 1.54) is 12.8 Å². The van der Waals surface area contributed by atoms with E-state index in [4.69, 9.17) is 9.84 Å². The third-order valence-electron chi connectivity index (χ3n) is 8.40. The van der Waals surface area contributed by atoms with Crippen LogP contribution >= 0.6 is 0 Å². The highest BCUT2D eigenvalue weighted by molar-refractivity contribution is 5.81. The van der Waals surface area contributed by atoms with Gasteiger partial charge in [-0.15, -0.1) is 0 Å². The second-order valence-electron chi connectivity index (χ2n) is 10.6. The molecule has 2 saturated heterocycles. The first kappa shape index (κ1) is 20.0. The lowest BCUT2D eigenvalue weighted by molar-refractivity contribution is -0.0544. The minimum atomic E-state index is -0.339. The maximum Gasteiger partial charge on any atom is 0.131 e. The highest BCUT2D eigenvalue weighted by Crippen LogP contribution is 2.68. The SMILES string of the molecule is C=C1CN(c2cc(-n3ncc4ccc(C5(C#N)CC6(CC6)C5)cc43)ccn2)CCN1C1COC1. The van der Waals surface area contributed by atoms with Crippen molar-refractivity contribution in [2.24, 2.45) is 5.41 Å². The quantitative estimate of drug-likeness (QED) is 0.600. The van der Waals surface area contributed by atoms with Crippen LogP contribution in [0.5, 0.6) is 0 Å². The largest absolute Gasteiger partial charge is 0.377 e. The monoisotopic (exact) mass is 452 g/mol. The van der Waals surface area contributed by atoms with Gasteiger partial charge in [-0.05, 0) is 48.8 Å². The van der Waals surface area contributed by atoms with Crippen LogP contribution in [-0.4, -0.2) is 58.6 Å². The number of nitrogens with zero attached hydrogens (tertiary/aromatic N) is 6. The van der Waals surface area contributed by atoms with Gasteiger partial charge in [-0.3, -0.25) is 0 Å². The van der Waals surface area contributed by atoms with Gasteiger partial charge in [-0.1, -0.05) is 18.7 Å². The Hall–Kier alpha value is -3.37. The smallest absolute Gasteiger partial charge is 0.131 e. The molecule has 0 amide bonds. The zero-order valence-electron chi connectivity index (χ0n) is 19.3. The predicted octanol–water partition coefficient (Wildman–Crippen LogP) is 3.79. The minimum Gasteiger partial charge on any atom is -0.377 e. The van der Waals surface area contributed by atoms with Crippen LogP contribution < -0.4 is 4.90 Å². The standard InChI is InChI=1S/C27H28N6O/c1-19-13-31(8-9-32(19)23-14-34-15-23)25-11-22(4-7-29-25)33-24-10-21(3-2-20(24)12-30-33)27(18-28)16-26(17-27)5-6-26/h2-4,7,10-12,23H,1,5-6,8-9,13-17H2. The van der Waals surface area contributed by atoms with Crippen molar-refractivity contribution in [2.45, 2.75) is 37.1 Å². The number of piperazine rings is 1. The molecule has 0 atom stereocenters. The van der Waals surface area contributed by atoms with E-state index >= 15 is 0 Å². The Morgan fingerprint density at radius 1 is 1.12 bits per heavy atom. The van der Waals surface area contributed by atoms with E-state index < -0.39 is 0 Å². The molecule has 1 aromatic carbocycles. The molecular weight excluding hydrogens is 424 g/mol. The fourth-order valence-corrected chi connectivity index (χ4v) is 6.16. The molecule has 0 bridgehead atoms. The third-order valence-corrected chi connectivity index (χ3v) is 8.40.